The summed E-state index contributed by atoms with van der Waals surface area (Å²) in [7, 11) is 1.55. The van der Waals surface area contributed by atoms with Gasteiger partial charge in [0.1, 0.15) is 5.69 Å². The van der Waals surface area contributed by atoms with Gasteiger partial charge in [-0.2, -0.15) is 5.26 Å². The zero-order chi connectivity index (χ0) is 18.8. The van der Waals surface area contributed by atoms with Crippen molar-refractivity contribution < 1.29 is 14.3 Å². The number of carbonyl (C=O) groups is 2. The molecule has 0 bridgehead atoms. The lowest BCUT2D eigenvalue weighted by Crippen LogP contribution is -2.31. The first-order chi connectivity index (χ1) is 12.6. The Morgan fingerprint density at radius 2 is 2.12 bits per heavy atom. The molecule has 8 nitrogen and oxygen atoms in total. The van der Waals surface area contributed by atoms with E-state index in [0.717, 1.165) is 5.56 Å². The number of nitriles is 1. The summed E-state index contributed by atoms with van der Waals surface area (Å²) < 4.78 is 6.53. The van der Waals surface area contributed by atoms with Crippen molar-refractivity contribution in [3.05, 3.63) is 53.9 Å². The van der Waals surface area contributed by atoms with Crippen LogP contribution in [0.2, 0.25) is 0 Å². The maximum Gasteiger partial charge on any atom is 0.331 e. The summed E-state index contributed by atoms with van der Waals surface area (Å²) >= 11 is 0. The van der Waals surface area contributed by atoms with Gasteiger partial charge in [-0.15, -0.1) is 5.10 Å². The van der Waals surface area contributed by atoms with Gasteiger partial charge in [0.2, 0.25) is 0 Å². The fourth-order valence-corrected chi connectivity index (χ4v) is 2.02. The zero-order valence-corrected chi connectivity index (χ0v) is 14.4. The number of aromatic nitrogens is 3. The molecule has 1 aromatic carbocycles. The Morgan fingerprint density at radius 1 is 1.35 bits per heavy atom. The average Bonchev–Trinajstić information content (AvgIpc) is 3.10. The number of likely N-dealkylation sites (N-methyl/N-ethyl adjacent to an activating group) is 1. The van der Waals surface area contributed by atoms with Gasteiger partial charge in [-0.1, -0.05) is 35.5 Å². The van der Waals surface area contributed by atoms with Crippen LogP contribution in [0.5, 0.6) is 0 Å². The Labute approximate surface area is 151 Å². The van der Waals surface area contributed by atoms with E-state index >= 15 is 0 Å². The third kappa shape index (κ3) is 6.20. The van der Waals surface area contributed by atoms with Crippen LogP contribution in [0.1, 0.15) is 17.7 Å². The zero-order valence-electron chi connectivity index (χ0n) is 14.4. The van der Waals surface area contributed by atoms with Crippen LogP contribution in [0, 0.1) is 11.3 Å². The number of rotatable bonds is 8. The van der Waals surface area contributed by atoms with E-state index < -0.39 is 5.97 Å². The van der Waals surface area contributed by atoms with Crippen LogP contribution in [0.3, 0.4) is 0 Å². The Hall–Kier alpha value is -3.47. The van der Waals surface area contributed by atoms with E-state index in [0.29, 0.717) is 18.8 Å². The molecule has 0 aliphatic rings. The van der Waals surface area contributed by atoms with Gasteiger partial charge in [0, 0.05) is 19.7 Å². The van der Waals surface area contributed by atoms with Crippen LogP contribution in [0.25, 0.3) is 6.08 Å². The Kier molecular flexibility index (Phi) is 7.06. The fraction of sp³-hybridized carbons (Fsp3) is 0.278. The van der Waals surface area contributed by atoms with E-state index in [4.69, 9.17) is 10.00 Å². The van der Waals surface area contributed by atoms with Crippen molar-refractivity contribution in [1.29, 1.82) is 5.26 Å². The van der Waals surface area contributed by atoms with Gasteiger partial charge in [0.15, 0.2) is 6.61 Å². The molecule has 0 fully saturated rings. The highest BCUT2D eigenvalue weighted by molar-refractivity contribution is 5.88. The number of nitrogens with zero attached hydrogens (tertiary/aromatic N) is 5. The van der Waals surface area contributed by atoms with Crippen LogP contribution in [-0.2, 0) is 20.9 Å². The molecule has 0 spiro atoms. The summed E-state index contributed by atoms with van der Waals surface area (Å²) in [5.41, 5.74) is 1.60. The number of hydrogen-bond acceptors (Lipinski definition) is 6. The van der Waals surface area contributed by atoms with Crippen LogP contribution in [0.15, 0.2) is 42.6 Å². The molecule has 0 radical (unpaired) electrons. The minimum absolute atomic E-state index is 0.231. The SMILES string of the molecule is CN(CCC#N)C(=O)COC(=O)/C=C/c1cn(Cc2ccccc2)nn1. The second-order valence-electron chi connectivity index (χ2n) is 5.49. The van der Waals surface area contributed by atoms with Crippen LogP contribution in [0.4, 0.5) is 0 Å². The van der Waals surface area contributed by atoms with Crippen LogP contribution >= 0.6 is 0 Å². The topological polar surface area (TPSA) is 101 Å². The monoisotopic (exact) mass is 353 g/mol. The van der Waals surface area contributed by atoms with Gasteiger partial charge in [0.25, 0.3) is 5.91 Å². The highest BCUT2D eigenvalue weighted by Gasteiger charge is 2.10. The number of esters is 1. The number of amides is 1. The van der Waals surface area contributed by atoms with Gasteiger partial charge in [-0.3, -0.25) is 4.79 Å². The predicted molar refractivity (Wildman–Crippen MR) is 93.4 cm³/mol. The van der Waals surface area contributed by atoms with Crippen molar-refractivity contribution in [3.8, 4) is 6.07 Å². The first kappa shape index (κ1) is 18.9. The van der Waals surface area contributed by atoms with Crippen molar-refractivity contribution in [1.82, 2.24) is 19.9 Å². The van der Waals surface area contributed by atoms with E-state index in [2.05, 4.69) is 10.3 Å². The first-order valence-corrected chi connectivity index (χ1v) is 7.98. The molecule has 2 aromatic rings. The summed E-state index contributed by atoms with van der Waals surface area (Å²) in [5.74, 6) is -1.01. The summed E-state index contributed by atoms with van der Waals surface area (Å²) in [6, 6.07) is 11.8. The van der Waals surface area contributed by atoms with Gasteiger partial charge in [0.05, 0.1) is 25.2 Å². The predicted octanol–water partition coefficient (Wildman–Crippen LogP) is 1.25. The Balaban J connectivity index is 1.79. The van der Waals surface area contributed by atoms with Gasteiger partial charge in [-0.25, -0.2) is 9.48 Å². The molecule has 2 rings (SSSR count). The standard InChI is InChI=1S/C18H19N5O3/c1-22(11-5-10-19)17(24)14-26-18(25)9-8-16-13-23(21-20-16)12-15-6-3-2-4-7-15/h2-4,6-9,13H,5,11-12,14H2,1H3/b9-8+. The fourth-order valence-electron chi connectivity index (χ4n) is 2.02. The summed E-state index contributed by atoms with van der Waals surface area (Å²) in [6.45, 7) is 0.509. The van der Waals surface area contributed by atoms with Crippen molar-refractivity contribution in [2.45, 2.75) is 13.0 Å². The molecule has 0 unspecified atom stereocenters. The smallest absolute Gasteiger partial charge is 0.331 e. The molecular weight excluding hydrogens is 334 g/mol. The summed E-state index contributed by atoms with van der Waals surface area (Å²) in [6.07, 6.45) is 4.60. The third-order valence-electron chi connectivity index (χ3n) is 3.46. The maximum atomic E-state index is 11.7. The molecule has 0 aliphatic carbocycles. The lowest BCUT2D eigenvalue weighted by atomic mass is 10.2. The number of hydrogen-bond donors (Lipinski definition) is 0. The van der Waals surface area contributed by atoms with Crippen molar-refractivity contribution in [3.63, 3.8) is 0 Å². The third-order valence-corrected chi connectivity index (χ3v) is 3.46. The highest BCUT2D eigenvalue weighted by Crippen LogP contribution is 2.03. The van der Waals surface area contributed by atoms with Crippen molar-refractivity contribution >= 4 is 18.0 Å². The molecule has 134 valence electrons. The number of ether oxygens (including phenoxy) is 1. The summed E-state index contributed by atoms with van der Waals surface area (Å²) in [4.78, 5) is 24.7. The average molecular weight is 353 g/mol. The first-order valence-electron chi connectivity index (χ1n) is 7.98. The van der Waals surface area contributed by atoms with Crippen molar-refractivity contribution in [2.24, 2.45) is 0 Å². The molecule has 0 atom stereocenters. The number of benzene rings is 1. The maximum absolute atomic E-state index is 11.7. The molecule has 26 heavy (non-hydrogen) atoms. The molecule has 1 heterocycles. The van der Waals surface area contributed by atoms with Crippen molar-refractivity contribution in [2.75, 3.05) is 20.2 Å². The molecule has 0 saturated heterocycles. The van der Waals surface area contributed by atoms with Crippen LogP contribution < -0.4 is 0 Å². The van der Waals surface area contributed by atoms with E-state index in [1.165, 1.54) is 17.1 Å². The van der Waals surface area contributed by atoms with E-state index in [1.807, 2.05) is 36.4 Å². The van der Waals surface area contributed by atoms with E-state index in [-0.39, 0.29) is 18.9 Å². The quantitative estimate of drug-likeness (QED) is 0.523. The van der Waals surface area contributed by atoms with Gasteiger partial charge >= 0.3 is 5.97 Å². The van der Waals surface area contributed by atoms with Crippen LogP contribution in [-0.4, -0.2) is 52.0 Å². The van der Waals surface area contributed by atoms with E-state index in [1.54, 1.807) is 17.9 Å². The Morgan fingerprint density at radius 3 is 2.85 bits per heavy atom. The molecular formula is C18H19N5O3. The molecule has 0 N–H and O–H groups in total. The summed E-state index contributed by atoms with van der Waals surface area (Å²) in [5, 5.41) is 16.4. The minimum Gasteiger partial charge on any atom is -0.452 e. The largest absolute Gasteiger partial charge is 0.452 e. The lowest BCUT2D eigenvalue weighted by Gasteiger charge is -2.14. The van der Waals surface area contributed by atoms with Gasteiger partial charge in [-0.05, 0) is 11.6 Å². The molecule has 1 amide bonds. The minimum atomic E-state index is -0.648. The lowest BCUT2D eigenvalue weighted by molar-refractivity contribution is -0.147. The normalized spacial score (nSPS) is 10.5. The Bertz CT molecular complexity index is 808. The molecule has 0 aliphatic heterocycles. The molecule has 8 heteroatoms. The second kappa shape index (κ2) is 9.74. The van der Waals surface area contributed by atoms with E-state index in [9.17, 15) is 9.59 Å². The van der Waals surface area contributed by atoms with Gasteiger partial charge < -0.3 is 9.64 Å². The second-order valence-corrected chi connectivity index (χ2v) is 5.49. The molecule has 1 aromatic heterocycles. The molecule has 0 saturated carbocycles. The number of carbonyl (C=O) groups excluding carboxylic acids is 2. The highest BCUT2D eigenvalue weighted by atomic mass is 16.5.